The van der Waals surface area contributed by atoms with Gasteiger partial charge in [-0.15, -0.1) is 0 Å². The minimum atomic E-state index is -0.0471. The van der Waals surface area contributed by atoms with E-state index >= 15 is 0 Å². The van der Waals surface area contributed by atoms with Crippen LogP contribution in [0.1, 0.15) is 54.1 Å². The molecule has 1 aliphatic rings. The van der Waals surface area contributed by atoms with Gasteiger partial charge >= 0.3 is 0 Å². The van der Waals surface area contributed by atoms with Gasteiger partial charge in [-0.2, -0.15) is 0 Å². The van der Waals surface area contributed by atoms with E-state index in [1.807, 2.05) is 18.2 Å². The fourth-order valence-corrected chi connectivity index (χ4v) is 3.65. The first kappa shape index (κ1) is 17.1. The molecule has 2 nitrogen and oxygen atoms in total. The summed E-state index contributed by atoms with van der Waals surface area (Å²) in [7, 11) is 0. The molecule has 1 aromatic carbocycles. The first-order chi connectivity index (χ1) is 11.6. The molecule has 0 bridgehead atoms. The van der Waals surface area contributed by atoms with E-state index in [9.17, 15) is 4.79 Å². The van der Waals surface area contributed by atoms with Gasteiger partial charge in [-0.25, -0.2) is 0 Å². The van der Waals surface area contributed by atoms with Crippen LogP contribution in [0, 0.1) is 4.64 Å². The van der Waals surface area contributed by atoms with Crippen molar-refractivity contribution in [1.29, 1.82) is 0 Å². The second kappa shape index (κ2) is 7.91. The van der Waals surface area contributed by atoms with Gasteiger partial charge in [0.2, 0.25) is 0 Å². The molecule has 0 aliphatic heterocycles. The highest BCUT2D eigenvalue weighted by Gasteiger charge is 2.15. The number of allylic oxidation sites excluding steroid dienone is 1. The molecular weight excluding hydrogens is 338 g/mol. The molecule has 4 heteroatoms. The van der Waals surface area contributed by atoms with Gasteiger partial charge < -0.3 is 4.57 Å². The first-order valence-electron chi connectivity index (χ1n) is 8.34. The molecule has 0 unspecified atom stereocenters. The highest BCUT2D eigenvalue weighted by atomic mass is 35.5. The molecule has 0 radical (unpaired) electrons. The minimum Gasteiger partial charge on any atom is -0.336 e. The Morgan fingerprint density at radius 1 is 1.12 bits per heavy atom. The molecule has 1 aliphatic carbocycles. The monoisotopic (exact) mass is 357 g/mol. The molecule has 2 aromatic rings. The van der Waals surface area contributed by atoms with Crippen molar-refractivity contribution < 1.29 is 4.79 Å². The number of rotatable bonds is 4. The molecule has 1 saturated carbocycles. The fourth-order valence-electron chi connectivity index (χ4n) is 3.18. The van der Waals surface area contributed by atoms with Crippen LogP contribution in [0.25, 0.3) is 6.08 Å². The zero-order chi connectivity index (χ0) is 16.9. The Morgan fingerprint density at radius 3 is 2.54 bits per heavy atom. The normalized spacial score (nSPS) is 15.7. The van der Waals surface area contributed by atoms with Crippen LogP contribution < -0.4 is 0 Å². The summed E-state index contributed by atoms with van der Waals surface area (Å²) in [6.07, 6.45) is 11.7. The molecule has 24 heavy (non-hydrogen) atoms. The van der Waals surface area contributed by atoms with Crippen LogP contribution >= 0.6 is 23.8 Å². The summed E-state index contributed by atoms with van der Waals surface area (Å²) >= 11 is 11.5. The van der Waals surface area contributed by atoms with Crippen LogP contribution in [0.5, 0.6) is 0 Å². The Hall–Kier alpha value is -1.71. The van der Waals surface area contributed by atoms with E-state index in [-0.39, 0.29) is 5.78 Å². The van der Waals surface area contributed by atoms with Crippen molar-refractivity contribution in [1.82, 2.24) is 4.57 Å². The molecule has 3 rings (SSSR count). The van der Waals surface area contributed by atoms with E-state index in [1.54, 1.807) is 30.3 Å². The van der Waals surface area contributed by atoms with Crippen molar-refractivity contribution in [2.45, 2.75) is 38.1 Å². The average Bonchev–Trinajstić information content (AvgIpc) is 2.62. The third-order valence-corrected chi connectivity index (χ3v) is 5.21. The summed E-state index contributed by atoms with van der Waals surface area (Å²) in [5, 5.41) is 0.625. The van der Waals surface area contributed by atoms with Gasteiger partial charge in [0.25, 0.3) is 0 Å². The maximum absolute atomic E-state index is 12.3. The van der Waals surface area contributed by atoms with Crippen molar-refractivity contribution in [3.8, 4) is 0 Å². The summed E-state index contributed by atoms with van der Waals surface area (Å²) in [4.78, 5) is 12.3. The van der Waals surface area contributed by atoms with E-state index in [0.717, 1.165) is 10.2 Å². The van der Waals surface area contributed by atoms with Gasteiger partial charge in [-0.05, 0) is 55.3 Å². The van der Waals surface area contributed by atoms with E-state index in [2.05, 4.69) is 10.8 Å². The third-order valence-electron chi connectivity index (χ3n) is 4.52. The second-order valence-corrected chi connectivity index (χ2v) is 7.00. The Bertz CT molecular complexity index is 801. The van der Waals surface area contributed by atoms with Gasteiger partial charge in [0.1, 0.15) is 4.64 Å². The predicted molar refractivity (Wildman–Crippen MR) is 102 cm³/mol. The SMILES string of the molecule is O=C(/C=C/c1cccn(C2CCCCC2)c1=S)c1ccc(Cl)cc1. The number of aromatic nitrogens is 1. The number of halogens is 1. The smallest absolute Gasteiger partial charge is 0.185 e. The zero-order valence-corrected chi connectivity index (χ0v) is 15.0. The van der Waals surface area contributed by atoms with Crippen LogP contribution in [0.3, 0.4) is 0 Å². The Kier molecular flexibility index (Phi) is 5.64. The third kappa shape index (κ3) is 4.03. The second-order valence-electron chi connectivity index (χ2n) is 6.17. The van der Waals surface area contributed by atoms with E-state index in [4.69, 9.17) is 23.8 Å². The molecular formula is C20H20ClNOS. The lowest BCUT2D eigenvalue weighted by atomic mass is 9.95. The maximum atomic E-state index is 12.3. The predicted octanol–water partition coefficient (Wildman–Crippen LogP) is 6.27. The lowest BCUT2D eigenvalue weighted by molar-refractivity contribution is 0.104. The van der Waals surface area contributed by atoms with Crippen molar-refractivity contribution in [2.75, 3.05) is 0 Å². The number of carbonyl (C=O) groups excluding carboxylic acids is 1. The molecule has 0 spiro atoms. The van der Waals surface area contributed by atoms with Crippen LogP contribution in [0.2, 0.25) is 5.02 Å². The zero-order valence-electron chi connectivity index (χ0n) is 13.5. The van der Waals surface area contributed by atoms with Crippen molar-refractivity contribution in [2.24, 2.45) is 0 Å². The Labute approximate surface area is 152 Å². The number of carbonyl (C=O) groups is 1. The molecule has 0 atom stereocenters. The highest BCUT2D eigenvalue weighted by molar-refractivity contribution is 7.71. The lowest BCUT2D eigenvalue weighted by Crippen LogP contribution is -2.14. The number of pyridine rings is 1. The standard InChI is InChI=1S/C20H20ClNOS/c21-17-11-8-15(9-12-17)19(23)13-10-16-5-4-14-22(20(16)24)18-6-2-1-3-7-18/h4-5,8-14,18H,1-3,6-7H2/b13-10+. The molecule has 1 fully saturated rings. The maximum Gasteiger partial charge on any atom is 0.185 e. The molecule has 1 heterocycles. The van der Waals surface area contributed by atoms with Gasteiger partial charge in [0.05, 0.1) is 0 Å². The fraction of sp³-hybridized carbons (Fsp3) is 0.300. The van der Waals surface area contributed by atoms with Crippen LogP contribution in [0.4, 0.5) is 0 Å². The number of nitrogens with zero attached hydrogens (tertiary/aromatic N) is 1. The average molecular weight is 358 g/mol. The lowest BCUT2D eigenvalue weighted by Gasteiger charge is -2.25. The molecule has 0 amide bonds. The van der Waals surface area contributed by atoms with E-state index in [1.165, 1.54) is 32.1 Å². The van der Waals surface area contributed by atoms with E-state index < -0.39 is 0 Å². The topological polar surface area (TPSA) is 22.0 Å². The molecule has 0 N–H and O–H groups in total. The van der Waals surface area contributed by atoms with Crippen LogP contribution in [-0.4, -0.2) is 10.4 Å². The number of benzene rings is 1. The van der Waals surface area contributed by atoms with Crippen LogP contribution in [0.15, 0.2) is 48.7 Å². The largest absolute Gasteiger partial charge is 0.336 e. The minimum absolute atomic E-state index is 0.0471. The van der Waals surface area contributed by atoms with Crippen molar-refractivity contribution in [3.05, 3.63) is 69.5 Å². The summed E-state index contributed by atoms with van der Waals surface area (Å²) in [6, 6.07) is 11.4. The van der Waals surface area contributed by atoms with Crippen molar-refractivity contribution >= 4 is 35.7 Å². The molecule has 1 aromatic heterocycles. The molecule has 124 valence electrons. The van der Waals surface area contributed by atoms with Gasteiger partial charge in [-0.1, -0.05) is 49.1 Å². The van der Waals surface area contributed by atoms with E-state index in [0.29, 0.717) is 16.6 Å². The number of ketones is 1. The Balaban J connectivity index is 1.80. The summed E-state index contributed by atoms with van der Waals surface area (Å²) in [5.74, 6) is -0.0471. The number of hydrogen-bond acceptors (Lipinski definition) is 2. The number of hydrogen-bond donors (Lipinski definition) is 0. The quantitative estimate of drug-likeness (QED) is 0.365. The highest BCUT2D eigenvalue weighted by Crippen LogP contribution is 2.28. The summed E-state index contributed by atoms with van der Waals surface area (Å²) in [5.41, 5.74) is 1.54. The van der Waals surface area contributed by atoms with Gasteiger partial charge in [-0.3, -0.25) is 4.79 Å². The van der Waals surface area contributed by atoms with Crippen LogP contribution in [-0.2, 0) is 0 Å². The summed E-state index contributed by atoms with van der Waals surface area (Å²) in [6.45, 7) is 0. The van der Waals surface area contributed by atoms with Gasteiger partial charge in [0, 0.05) is 28.4 Å². The summed E-state index contributed by atoms with van der Waals surface area (Å²) < 4.78 is 3.01. The first-order valence-corrected chi connectivity index (χ1v) is 9.13. The van der Waals surface area contributed by atoms with Crippen molar-refractivity contribution in [3.63, 3.8) is 0 Å². The van der Waals surface area contributed by atoms with Gasteiger partial charge in [0.15, 0.2) is 5.78 Å². The Morgan fingerprint density at radius 2 is 1.83 bits per heavy atom. The molecule has 0 saturated heterocycles.